The van der Waals surface area contributed by atoms with Crippen LogP contribution in [0.2, 0.25) is 0 Å². The van der Waals surface area contributed by atoms with E-state index in [0.717, 1.165) is 24.7 Å². The van der Waals surface area contributed by atoms with Gasteiger partial charge in [0.05, 0.1) is 25.3 Å². The third-order valence-corrected chi connectivity index (χ3v) is 9.89. The standard InChI is InChI=1S/C30H42N4O4S2/c31-27(29(35)33-23-9-13-25(14-10-23)37-17-21-5-1-2-6-21)19-39-40-20-28(32)30(36)34-24-11-15-26(16-12-24)38-18-22-7-3-4-8-22/h9-16,21-22,27-28H,1-8,17-20,31-32H2,(H,33,35)(H,34,36)/t27-,28-/m0/s1. The molecule has 218 valence electrons. The summed E-state index contributed by atoms with van der Waals surface area (Å²) in [6.45, 7) is 1.50. The van der Waals surface area contributed by atoms with Crippen LogP contribution in [0.4, 0.5) is 11.4 Å². The van der Waals surface area contributed by atoms with Crippen LogP contribution in [0.5, 0.6) is 11.5 Å². The van der Waals surface area contributed by atoms with Gasteiger partial charge in [0.1, 0.15) is 11.5 Å². The minimum Gasteiger partial charge on any atom is -0.493 e. The Hall–Kier alpha value is -2.40. The maximum absolute atomic E-state index is 12.5. The van der Waals surface area contributed by atoms with Gasteiger partial charge in [-0.2, -0.15) is 0 Å². The van der Waals surface area contributed by atoms with Crippen molar-refractivity contribution in [2.45, 2.75) is 63.5 Å². The molecule has 0 unspecified atom stereocenters. The number of benzene rings is 2. The number of amides is 2. The molecule has 0 aromatic heterocycles. The van der Waals surface area contributed by atoms with Crippen LogP contribution in [-0.2, 0) is 9.59 Å². The molecule has 2 aromatic rings. The Labute approximate surface area is 245 Å². The van der Waals surface area contributed by atoms with Crippen molar-refractivity contribution >= 4 is 44.8 Å². The number of ether oxygens (including phenoxy) is 2. The number of anilines is 2. The predicted molar refractivity (Wildman–Crippen MR) is 166 cm³/mol. The molecule has 8 nitrogen and oxygen atoms in total. The predicted octanol–water partition coefficient (Wildman–Crippen LogP) is 5.44. The SMILES string of the molecule is N[C@@H](CSSC[C@H](N)C(=O)Nc1ccc(OCC2CCCC2)cc1)C(=O)Nc1ccc(OCC2CCCC2)cc1. The fourth-order valence-corrected chi connectivity index (χ4v) is 7.16. The molecule has 6 N–H and O–H groups in total. The van der Waals surface area contributed by atoms with Crippen LogP contribution in [0.25, 0.3) is 0 Å². The van der Waals surface area contributed by atoms with E-state index in [4.69, 9.17) is 20.9 Å². The van der Waals surface area contributed by atoms with Crippen molar-refractivity contribution in [1.82, 2.24) is 0 Å². The third kappa shape index (κ3) is 10.2. The minimum atomic E-state index is -0.685. The topological polar surface area (TPSA) is 129 Å². The first-order valence-corrected chi connectivity index (χ1v) is 16.8. The van der Waals surface area contributed by atoms with Gasteiger partial charge in [-0.05, 0) is 86.1 Å². The number of carbonyl (C=O) groups excluding carboxylic acids is 2. The fraction of sp³-hybridized carbons (Fsp3) is 0.533. The summed E-state index contributed by atoms with van der Waals surface area (Å²) in [5.74, 6) is 3.20. The Morgan fingerprint density at radius 2 is 1.02 bits per heavy atom. The fourth-order valence-electron chi connectivity index (χ4n) is 4.92. The first kappa shape index (κ1) is 30.6. The van der Waals surface area contributed by atoms with Crippen LogP contribution in [-0.4, -0.2) is 48.6 Å². The zero-order valence-electron chi connectivity index (χ0n) is 23.0. The maximum Gasteiger partial charge on any atom is 0.242 e. The average Bonchev–Trinajstić information content (AvgIpc) is 3.69. The minimum absolute atomic E-state index is 0.259. The molecule has 4 rings (SSSR count). The van der Waals surface area contributed by atoms with Gasteiger partial charge in [0, 0.05) is 22.9 Å². The van der Waals surface area contributed by atoms with Crippen LogP contribution in [0.1, 0.15) is 51.4 Å². The Morgan fingerprint density at radius 3 is 1.38 bits per heavy atom. The summed E-state index contributed by atoms with van der Waals surface area (Å²) < 4.78 is 11.7. The van der Waals surface area contributed by atoms with Gasteiger partial charge in [0.2, 0.25) is 11.8 Å². The number of nitrogens with two attached hydrogens (primary N) is 2. The lowest BCUT2D eigenvalue weighted by Crippen LogP contribution is -2.38. The van der Waals surface area contributed by atoms with E-state index in [1.165, 1.54) is 73.0 Å². The van der Waals surface area contributed by atoms with E-state index >= 15 is 0 Å². The van der Waals surface area contributed by atoms with Gasteiger partial charge in [0.25, 0.3) is 0 Å². The van der Waals surface area contributed by atoms with Crippen molar-refractivity contribution in [3.63, 3.8) is 0 Å². The number of hydrogen-bond acceptors (Lipinski definition) is 8. The van der Waals surface area contributed by atoms with Crippen molar-refractivity contribution in [3.8, 4) is 11.5 Å². The van der Waals surface area contributed by atoms with Gasteiger partial charge in [-0.1, -0.05) is 47.3 Å². The first-order valence-electron chi connectivity index (χ1n) is 14.3. The molecule has 0 saturated heterocycles. The molecule has 0 bridgehead atoms. The molecule has 2 aliphatic carbocycles. The van der Waals surface area contributed by atoms with Crippen molar-refractivity contribution in [2.75, 3.05) is 35.4 Å². The van der Waals surface area contributed by atoms with E-state index in [2.05, 4.69) is 10.6 Å². The molecule has 2 fully saturated rings. The zero-order valence-corrected chi connectivity index (χ0v) is 24.7. The third-order valence-electron chi connectivity index (χ3n) is 7.42. The largest absolute Gasteiger partial charge is 0.493 e. The highest BCUT2D eigenvalue weighted by molar-refractivity contribution is 8.76. The normalized spacial score (nSPS) is 17.4. The summed E-state index contributed by atoms with van der Waals surface area (Å²) in [7, 11) is 2.85. The van der Waals surface area contributed by atoms with E-state index < -0.39 is 12.1 Å². The molecule has 2 aliphatic rings. The van der Waals surface area contributed by atoms with E-state index in [1.54, 1.807) is 0 Å². The van der Waals surface area contributed by atoms with Gasteiger partial charge >= 0.3 is 0 Å². The molecule has 0 heterocycles. The Balaban J connectivity index is 1.08. The molecular weight excluding hydrogens is 544 g/mol. The first-order chi connectivity index (χ1) is 19.5. The van der Waals surface area contributed by atoms with Crippen LogP contribution in [0.3, 0.4) is 0 Å². The summed E-state index contributed by atoms with van der Waals surface area (Å²) in [4.78, 5) is 25.0. The Bertz CT molecular complexity index is 973. The summed E-state index contributed by atoms with van der Waals surface area (Å²) in [6, 6.07) is 13.4. The molecule has 0 spiro atoms. The number of carbonyl (C=O) groups is 2. The van der Waals surface area contributed by atoms with Crippen LogP contribution >= 0.6 is 21.6 Å². The molecule has 2 aromatic carbocycles. The number of nitrogens with one attached hydrogen (secondary N) is 2. The highest BCUT2D eigenvalue weighted by atomic mass is 33.1. The lowest BCUT2D eigenvalue weighted by molar-refractivity contribution is -0.117. The van der Waals surface area contributed by atoms with E-state index in [0.29, 0.717) is 34.7 Å². The van der Waals surface area contributed by atoms with Crippen molar-refractivity contribution in [1.29, 1.82) is 0 Å². The van der Waals surface area contributed by atoms with Crippen LogP contribution < -0.4 is 31.6 Å². The van der Waals surface area contributed by atoms with E-state index in [1.807, 2.05) is 48.5 Å². The summed E-state index contributed by atoms with van der Waals surface area (Å²) in [6.07, 6.45) is 10.2. The molecule has 0 aliphatic heterocycles. The number of hydrogen-bond donors (Lipinski definition) is 4. The monoisotopic (exact) mass is 586 g/mol. The second-order valence-electron chi connectivity index (χ2n) is 10.7. The van der Waals surface area contributed by atoms with Crippen molar-refractivity contribution < 1.29 is 19.1 Å². The summed E-state index contributed by atoms with van der Waals surface area (Å²) in [5, 5.41) is 5.69. The van der Waals surface area contributed by atoms with Gasteiger partial charge in [-0.25, -0.2) is 0 Å². The van der Waals surface area contributed by atoms with Gasteiger partial charge in [0.15, 0.2) is 0 Å². The van der Waals surface area contributed by atoms with Crippen molar-refractivity contribution in [3.05, 3.63) is 48.5 Å². The number of rotatable bonds is 15. The van der Waals surface area contributed by atoms with Crippen LogP contribution in [0.15, 0.2) is 48.5 Å². The van der Waals surface area contributed by atoms with E-state index in [-0.39, 0.29) is 11.8 Å². The highest BCUT2D eigenvalue weighted by Gasteiger charge is 2.19. The molecule has 40 heavy (non-hydrogen) atoms. The quantitative estimate of drug-likeness (QED) is 0.160. The van der Waals surface area contributed by atoms with E-state index in [9.17, 15) is 9.59 Å². The average molecular weight is 587 g/mol. The van der Waals surface area contributed by atoms with Crippen molar-refractivity contribution in [2.24, 2.45) is 23.3 Å². The van der Waals surface area contributed by atoms with Gasteiger partial charge in [-0.15, -0.1) is 0 Å². The zero-order chi connectivity index (χ0) is 28.2. The lowest BCUT2D eigenvalue weighted by atomic mass is 10.1. The maximum atomic E-state index is 12.5. The summed E-state index contributed by atoms with van der Waals surface area (Å²) in [5.41, 5.74) is 13.5. The molecule has 0 radical (unpaired) electrons. The summed E-state index contributed by atoms with van der Waals surface area (Å²) >= 11 is 0. The molecule has 10 heteroatoms. The molecule has 2 amide bonds. The Kier molecular flexibility index (Phi) is 12.3. The molecule has 2 saturated carbocycles. The molecule has 2 atom stereocenters. The second kappa shape index (κ2) is 16.1. The highest BCUT2D eigenvalue weighted by Crippen LogP contribution is 2.27. The lowest BCUT2D eigenvalue weighted by Gasteiger charge is -2.15. The van der Waals surface area contributed by atoms with Crippen LogP contribution in [0, 0.1) is 11.8 Å². The molecular formula is C30H42N4O4S2. The van der Waals surface area contributed by atoms with Gasteiger partial charge in [-0.3, -0.25) is 9.59 Å². The van der Waals surface area contributed by atoms with Gasteiger partial charge < -0.3 is 31.6 Å². The Morgan fingerprint density at radius 1 is 0.675 bits per heavy atom. The second-order valence-corrected chi connectivity index (χ2v) is 13.3. The smallest absolute Gasteiger partial charge is 0.242 e.